The van der Waals surface area contributed by atoms with E-state index in [2.05, 4.69) is 4.98 Å². The zero-order valence-corrected chi connectivity index (χ0v) is 18.0. The first kappa shape index (κ1) is 21.2. The van der Waals surface area contributed by atoms with Gasteiger partial charge in [0.25, 0.3) is 0 Å². The molecular weight excluding hydrogens is 404 g/mol. The lowest BCUT2D eigenvalue weighted by atomic mass is 10.2. The third-order valence-electron chi connectivity index (χ3n) is 5.28. The van der Waals surface area contributed by atoms with E-state index in [0.29, 0.717) is 17.1 Å². The number of hydrogen-bond donors (Lipinski definition) is 0. The summed E-state index contributed by atoms with van der Waals surface area (Å²) in [7, 11) is 0. The number of para-hydroxylation sites is 3. The molecule has 0 atom stereocenters. The molecule has 0 fully saturated rings. The SMILES string of the molecule is CC(C)N(C(=O)CN1C(=O)CC(=O)N(c2cccnc2)c2ccccc21)c1ccccc1. The number of fused-ring (bicyclic) bond motifs is 1. The summed E-state index contributed by atoms with van der Waals surface area (Å²) < 4.78 is 0. The lowest BCUT2D eigenvalue weighted by Crippen LogP contribution is -2.46. The van der Waals surface area contributed by atoms with Crippen molar-refractivity contribution in [3.8, 4) is 0 Å². The van der Waals surface area contributed by atoms with Gasteiger partial charge in [-0.1, -0.05) is 30.3 Å². The van der Waals surface area contributed by atoms with Gasteiger partial charge in [0.1, 0.15) is 13.0 Å². The van der Waals surface area contributed by atoms with Crippen molar-refractivity contribution in [1.82, 2.24) is 4.98 Å². The number of carbonyl (C=O) groups is 3. The molecule has 4 rings (SSSR count). The van der Waals surface area contributed by atoms with E-state index in [1.165, 1.54) is 9.80 Å². The monoisotopic (exact) mass is 428 g/mol. The minimum absolute atomic E-state index is 0.101. The number of amides is 3. The van der Waals surface area contributed by atoms with Crippen molar-refractivity contribution in [2.24, 2.45) is 0 Å². The van der Waals surface area contributed by atoms with Crippen molar-refractivity contribution in [3.05, 3.63) is 79.1 Å². The average Bonchev–Trinajstić information content (AvgIpc) is 2.89. The molecule has 0 saturated carbocycles. The molecule has 1 aliphatic heterocycles. The number of carbonyl (C=O) groups excluding carboxylic acids is 3. The number of anilines is 4. The second kappa shape index (κ2) is 9.01. The maximum Gasteiger partial charge on any atom is 0.247 e. The Balaban J connectivity index is 1.73. The normalized spacial score (nSPS) is 13.7. The molecule has 0 saturated heterocycles. The Morgan fingerprint density at radius 3 is 2.28 bits per heavy atom. The molecule has 0 bridgehead atoms. The molecule has 0 unspecified atom stereocenters. The van der Waals surface area contributed by atoms with Crippen molar-refractivity contribution in [3.63, 3.8) is 0 Å². The Morgan fingerprint density at radius 2 is 1.62 bits per heavy atom. The smallest absolute Gasteiger partial charge is 0.247 e. The molecule has 3 amide bonds. The second-order valence-corrected chi connectivity index (χ2v) is 7.78. The van der Waals surface area contributed by atoms with Crippen LogP contribution in [0.1, 0.15) is 20.3 Å². The van der Waals surface area contributed by atoms with Crippen LogP contribution in [-0.2, 0) is 14.4 Å². The third kappa shape index (κ3) is 4.09. The minimum atomic E-state index is -0.418. The quantitative estimate of drug-likeness (QED) is 0.578. The molecule has 32 heavy (non-hydrogen) atoms. The number of pyridine rings is 1. The van der Waals surface area contributed by atoms with Crippen LogP contribution >= 0.6 is 0 Å². The largest absolute Gasteiger partial charge is 0.308 e. The third-order valence-corrected chi connectivity index (χ3v) is 5.28. The summed E-state index contributed by atoms with van der Waals surface area (Å²) in [6.07, 6.45) is 2.86. The number of aromatic nitrogens is 1. The first-order valence-electron chi connectivity index (χ1n) is 10.5. The van der Waals surface area contributed by atoms with E-state index < -0.39 is 5.91 Å². The van der Waals surface area contributed by atoms with Gasteiger partial charge in [0.2, 0.25) is 17.7 Å². The van der Waals surface area contributed by atoms with Crippen molar-refractivity contribution < 1.29 is 14.4 Å². The lowest BCUT2D eigenvalue weighted by Gasteiger charge is -2.30. The van der Waals surface area contributed by atoms with Gasteiger partial charge in [-0.05, 0) is 50.2 Å². The van der Waals surface area contributed by atoms with Gasteiger partial charge in [0.05, 0.1) is 23.3 Å². The first-order valence-corrected chi connectivity index (χ1v) is 10.5. The van der Waals surface area contributed by atoms with Gasteiger partial charge < -0.3 is 9.80 Å². The fourth-order valence-electron chi connectivity index (χ4n) is 3.93. The van der Waals surface area contributed by atoms with Gasteiger partial charge in [0.15, 0.2) is 0 Å². The van der Waals surface area contributed by atoms with Gasteiger partial charge in [-0.2, -0.15) is 0 Å². The van der Waals surface area contributed by atoms with Crippen LogP contribution in [0.3, 0.4) is 0 Å². The van der Waals surface area contributed by atoms with E-state index in [-0.39, 0.29) is 30.8 Å². The van der Waals surface area contributed by atoms with Crippen LogP contribution in [0.25, 0.3) is 0 Å². The van der Waals surface area contributed by atoms with Crippen molar-refractivity contribution in [2.45, 2.75) is 26.3 Å². The Hall–Kier alpha value is -4.00. The molecular formula is C25H24N4O3. The maximum absolute atomic E-state index is 13.4. The van der Waals surface area contributed by atoms with Gasteiger partial charge >= 0.3 is 0 Å². The van der Waals surface area contributed by atoms with Crippen LogP contribution in [-0.4, -0.2) is 35.3 Å². The summed E-state index contributed by atoms with van der Waals surface area (Å²) in [5.74, 6) is -1.01. The van der Waals surface area contributed by atoms with Crippen LogP contribution in [0.2, 0.25) is 0 Å². The summed E-state index contributed by atoms with van der Waals surface area (Å²) in [5, 5.41) is 0. The summed E-state index contributed by atoms with van der Waals surface area (Å²) in [6.45, 7) is 3.69. The van der Waals surface area contributed by atoms with Crippen LogP contribution in [0.15, 0.2) is 79.1 Å². The van der Waals surface area contributed by atoms with Crippen molar-refractivity contribution in [1.29, 1.82) is 0 Å². The number of benzene rings is 2. The van der Waals surface area contributed by atoms with E-state index in [1.54, 1.807) is 53.7 Å². The van der Waals surface area contributed by atoms with Gasteiger partial charge in [-0.15, -0.1) is 0 Å². The molecule has 0 radical (unpaired) electrons. The maximum atomic E-state index is 13.4. The molecule has 0 aliphatic carbocycles. The number of rotatable bonds is 5. The second-order valence-electron chi connectivity index (χ2n) is 7.78. The fourth-order valence-corrected chi connectivity index (χ4v) is 3.93. The molecule has 0 spiro atoms. The Bertz CT molecular complexity index is 1130. The highest BCUT2D eigenvalue weighted by atomic mass is 16.2. The standard InChI is InChI=1S/C25H24N4O3/c1-18(2)28(19-9-4-3-5-10-19)25(32)17-27-21-12-6-7-13-22(21)29(24(31)15-23(27)30)20-11-8-14-26-16-20/h3-14,16,18H,15,17H2,1-2H3. The average molecular weight is 428 g/mol. The molecule has 1 aliphatic rings. The predicted molar refractivity (Wildman–Crippen MR) is 124 cm³/mol. The fraction of sp³-hybridized carbons (Fsp3) is 0.200. The predicted octanol–water partition coefficient (Wildman–Crippen LogP) is 3.92. The topological polar surface area (TPSA) is 73.8 Å². The molecule has 1 aromatic heterocycles. The van der Waals surface area contributed by atoms with Crippen molar-refractivity contribution >= 4 is 40.5 Å². The lowest BCUT2D eigenvalue weighted by molar-refractivity contribution is -0.127. The van der Waals surface area contributed by atoms with Gasteiger partial charge in [-0.25, -0.2) is 0 Å². The van der Waals surface area contributed by atoms with Crippen LogP contribution < -0.4 is 14.7 Å². The number of nitrogens with zero attached hydrogens (tertiary/aromatic N) is 4. The molecule has 7 nitrogen and oxygen atoms in total. The van der Waals surface area contributed by atoms with Crippen LogP contribution in [0, 0.1) is 0 Å². The highest BCUT2D eigenvalue weighted by Gasteiger charge is 2.34. The summed E-state index contributed by atoms with van der Waals surface area (Å²) in [4.78, 5) is 48.2. The molecule has 7 heteroatoms. The van der Waals surface area contributed by atoms with Gasteiger partial charge in [-0.3, -0.25) is 24.3 Å². The summed E-state index contributed by atoms with van der Waals surface area (Å²) >= 11 is 0. The molecule has 0 N–H and O–H groups in total. The van der Waals surface area contributed by atoms with E-state index >= 15 is 0 Å². The zero-order valence-electron chi connectivity index (χ0n) is 18.0. The highest BCUT2D eigenvalue weighted by molar-refractivity contribution is 6.19. The van der Waals surface area contributed by atoms with Crippen LogP contribution in [0.4, 0.5) is 22.7 Å². The van der Waals surface area contributed by atoms with E-state index in [0.717, 1.165) is 5.69 Å². The molecule has 3 aromatic rings. The highest BCUT2D eigenvalue weighted by Crippen LogP contribution is 2.37. The minimum Gasteiger partial charge on any atom is -0.308 e. The summed E-state index contributed by atoms with van der Waals surface area (Å²) in [5.41, 5.74) is 2.38. The van der Waals surface area contributed by atoms with E-state index in [4.69, 9.17) is 0 Å². The molecule has 162 valence electrons. The van der Waals surface area contributed by atoms with Crippen LogP contribution in [0.5, 0.6) is 0 Å². The zero-order chi connectivity index (χ0) is 22.7. The number of hydrogen-bond acceptors (Lipinski definition) is 4. The van der Waals surface area contributed by atoms with E-state index in [9.17, 15) is 14.4 Å². The van der Waals surface area contributed by atoms with Crippen molar-refractivity contribution in [2.75, 3.05) is 21.2 Å². The Labute approximate surface area is 186 Å². The summed E-state index contributed by atoms with van der Waals surface area (Å²) in [6, 6.07) is 19.9. The molecule has 2 heterocycles. The Morgan fingerprint density at radius 1 is 0.938 bits per heavy atom. The molecule has 2 aromatic carbocycles. The first-order chi connectivity index (χ1) is 15.5. The van der Waals surface area contributed by atoms with E-state index in [1.807, 2.05) is 44.2 Å². The Kier molecular flexibility index (Phi) is 5.98. The van der Waals surface area contributed by atoms with Gasteiger partial charge in [0, 0.05) is 17.9 Å².